The summed E-state index contributed by atoms with van der Waals surface area (Å²) in [5.41, 5.74) is 6.99. The van der Waals surface area contributed by atoms with Crippen molar-refractivity contribution in [3.8, 4) is 0 Å². The van der Waals surface area contributed by atoms with Crippen LogP contribution in [-0.2, 0) is 5.75 Å². The first-order valence-corrected chi connectivity index (χ1v) is 7.49. The zero-order chi connectivity index (χ0) is 14.5. The van der Waals surface area contributed by atoms with E-state index < -0.39 is 0 Å². The van der Waals surface area contributed by atoms with E-state index in [0.29, 0.717) is 22.8 Å². The first-order valence-electron chi connectivity index (χ1n) is 6.51. The largest absolute Gasteiger partial charge is 0.414 e. The lowest BCUT2D eigenvalue weighted by Gasteiger charge is -2.08. The maximum absolute atomic E-state index is 12.8. The number of benzene rings is 1. The molecule has 0 unspecified atom stereocenters. The molecule has 1 aromatic carbocycles. The van der Waals surface area contributed by atoms with Crippen molar-refractivity contribution < 1.29 is 8.81 Å². The van der Waals surface area contributed by atoms with E-state index in [0.717, 1.165) is 12.0 Å². The molecule has 2 N–H and O–H groups in total. The SMILES string of the molecule is CC(C)C[C@@H](N)c1nnc(SCc2ccc(F)cc2)o1. The van der Waals surface area contributed by atoms with E-state index in [1.165, 1.54) is 23.9 Å². The first kappa shape index (κ1) is 15.0. The molecule has 108 valence electrons. The lowest BCUT2D eigenvalue weighted by atomic mass is 10.1. The molecule has 0 aliphatic carbocycles. The Labute approximate surface area is 122 Å². The predicted octanol–water partition coefficient (Wildman–Crippen LogP) is 3.55. The Morgan fingerprint density at radius 3 is 2.60 bits per heavy atom. The average Bonchev–Trinajstić information content (AvgIpc) is 2.86. The first-order chi connectivity index (χ1) is 9.54. The lowest BCUT2D eigenvalue weighted by Crippen LogP contribution is -2.13. The van der Waals surface area contributed by atoms with Gasteiger partial charge in [-0.1, -0.05) is 37.7 Å². The van der Waals surface area contributed by atoms with E-state index in [2.05, 4.69) is 24.0 Å². The Hall–Kier alpha value is -1.40. The van der Waals surface area contributed by atoms with Gasteiger partial charge in [0.1, 0.15) is 5.82 Å². The van der Waals surface area contributed by atoms with Crippen molar-refractivity contribution in [3.05, 3.63) is 41.5 Å². The highest BCUT2D eigenvalue weighted by molar-refractivity contribution is 7.98. The molecular weight excluding hydrogens is 277 g/mol. The van der Waals surface area contributed by atoms with Crippen LogP contribution in [0.1, 0.15) is 37.8 Å². The fourth-order valence-corrected chi connectivity index (χ4v) is 2.49. The van der Waals surface area contributed by atoms with Crippen LogP contribution in [0, 0.1) is 11.7 Å². The molecule has 6 heteroatoms. The van der Waals surface area contributed by atoms with Gasteiger partial charge < -0.3 is 10.2 Å². The van der Waals surface area contributed by atoms with Crippen molar-refractivity contribution in [2.75, 3.05) is 0 Å². The van der Waals surface area contributed by atoms with Crippen LogP contribution in [0.25, 0.3) is 0 Å². The Kier molecular flexibility index (Phi) is 5.14. The molecule has 0 radical (unpaired) electrons. The summed E-state index contributed by atoms with van der Waals surface area (Å²) in [4.78, 5) is 0. The van der Waals surface area contributed by atoms with Crippen molar-refractivity contribution in [2.24, 2.45) is 11.7 Å². The van der Waals surface area contributed by atoms with Gasteiger partial charge >= 0.3 is 0 Å². The molecule has 0 amide bonds. The smallest absolute Gasteiger partial charge is 0.276 e. The van der Waals surface area contributed by atoms with Crippen LogP contribution >= 0.6 is 11.8 Å². The summed E-state index contributed by atoms with van der Waals surface area (Å²) in [6, 6.07) is 6.14. The summed E-state index contributed by atoms with van der Waals surface area (Å²) < 4.78 is 18.3. The molecule has 4 nitrogen and oxygen atoms in total. The van der Waals surface area contributed by atoms with Crippen LogP contribution < -0.4 is 5.73 Å². The molecular formula is C14H18FN3OS. The van der Waals surface area contributed by atoms with Gasteiger partial charge in [0, 0.05) is 5.75 Å². The van der Waals surface area contributed by atoms with Gasteiger partial charge in [-0.2, -0.15) is 0 Å². The second-order valence-electron chi connectivity index (χ2n) is 5.06. The predicted molar refractivity (Wildman–Crippen MR) is 76.6 cm³/mol. The molecule has 1 heterocycles. The van der Waals surface area contributed by atoms with Gasteiger partial charge in [-0.15, -0.1) is 10.2 Å². The summed E-state index contributed by atoms with van der Waals surface area (Å²) in [6.07, 6.45) is 0.810. The number of aromatic nitrogens is 2. The summed E-state index contributed by atoms with van der Waals surface area (Å²) in [6.45, 7) is 4.20. The fraction of sp³-hybridized carbons (Fsp3) is 0.429. The zero-order valence-electron chi connectivity index (χ0n) is 11.5. The number of rotatable bonds is 6. The molecule has 2 rings (SSSR count). The summed E-state index contributed by atoms with van der Waals surface area (Å²) >= 11 is 1.42. The monoisotopic (exact) mass is 295 g/mol. The molecule has 0 bridgehead atoms. The van der Waals surface area contributed by atoms with Crippen LogP contribution in [0.15, 0.2) is 33.9 Å². The van der Waals surface area contributed by atoms with Gasteiger partial charge in [0.2, 0.25) is 5.89 Å². The average molecular weight is 295 g/mol. The number of nitrogens with zero attached hydrogens (tertiary/aromatic N) is 2. The highest BCUT2D eigenvalue weighted by atomic mass is 32.2. The molecule has 0 aliphatic heterocycles. The second-order valence-corrected chi connectivity index (χ2v) is 5.98. The normalized spacial score (nSPS) is 12.8. The van der Waals surface area contributed by atoms with Crippen molar-refractivity contribution in [1.29, 1.82) is 0 Å². The van der Waals surface area contributed by atoms with E-state index in [9.17, 15) is 4.39 Å². The Morgan fingerprint density at radius 2 is 1.95 bits per heavy atom. The zero-order valence-corrected chi connectivity index (χ0v) is 12.4. The number of thioether (sulfide) groups is 1. The van der Waals surface area contributed by atoms with E-state index in [1.807, 2.05) is 0 Å². The minimum atomic E-state index is -0.238. The molecule has 1 aromatic heterocycles. The Balaban J connectivity index is 1.91. The number of hydrogen-bond donors (Lipinski definition) is 1. The summed E-state index contributed by atoms with van der Waals surface area (Å²) in [5, 5.41) is 8.43. The molecule has 0 fully saturated rings. The van der Waals surface area contributed by atoms with Gasteiger partial charge in [0.05, 0.1) is 6.04 Å². The quantitative estimate of drug-likeness (QED) is 0.826. The van der Waals surface area contributed by atoms with Gasteiger partial charge in [-0.05, 0) is 30.0 Å². The Bertz CT molecular complexity index is 542. The van der Waals surface area contributed by atoms with E-state index >= 15 is 0 Å². The second kappa shape index (κ2) is 6.85. The van der Waals surface area contributed by atoms with Gasteiger partial charge in [-0.25, -0.2) is 4.39 Å². The topological polar surface area (TPSA) is 64.9 Å². The van der Waals surface area contributed by atoms with Crippen molar-refractivity contribution in [1.82, 2.24) is 10.2 Å². The maximum atomic E-state index is 12.8. The Morgan fingerprint density at radius 1 is 1.25 bits per heavy atom. The molecule has 0 aliphatic rings. The van der Waals surface area contributed by atoms with Crippen LogP contribution in [0.3, 0.4) is 0 Å². The number of hydrogen-bond acceptors (Lipinski definition) is 5. The highest BCUT2D eigenvalue weighted by Gasteiger charge is 2.16. The third kappa shape index (κ3) is 4.31. The molecule has 1 atom stereocenters. The lowest BCUT2D eigenvalue weighted by molar-refractivity contribution is 0.361. The highest BCUT2D eigenvalue weighted by Crippen LogP contribution is 2.24. The van der Waals surface area contributed by atoms with Crippen LogP contribution in [0.2, 0.25) is 0 Å². The van der Waals surface area contributed by atoms with Crippen LogP contribution in [0.4, 0.5) is 4.39 Å². The molecule has 2 aromatic rings. The minimum Gasteiger partial charge on any atom is -0.414 e. The molecule has 0 saturated carbocycles. The third-order valence-corrected chi connectivity index (χ3v) is 3.63. The summed E-state index contributed by atoms with van der Waals surface area (Å²) in [5.74, 6) is 1.37. The summed E-state index contributed by atoms with van der Waals surface area (Å²) in [7, 11) is 0. The molecule has 20 heavy (non-hydrogen) atoms. The van der Waals surface area contributed by atoms with Crippen molar-refractivity contribution in [3.63, 3.8) is 0 Å². The van der Waals surface area contributed by atoms with Gasteiger partial charge in [-0.3, -0.25) is 0 Å². The van der Waals surface area contributed by atoms with Gasteiger partial charge in [0.25, 0.3) is 5.22 Å². The van der Waals surface area contributed by atoms with E-state index in [4.69, 9.17) is 10.2 Å². The van der Waals surface area contributed by atoms with Crippen molar-refractivity contribution in [2.45, 2.75) is 37.3 Å². The van der Waals surface area contributed by atoms with Crippen LogP contribution in [0.5, 0.6) is 0 Å². The standard InChI is InChI=1S/C14H18FN3OS/c1-9(2)7-12(16)13-17-18-14(19-13)20-8-10-3-5-11(15)6-4-10/h3-6,9,12H,7-8,16H2,1-2H3/t12-/m1/s1. The molecule has 0 spiro atoms. The molecule has 0 saturated heterocycles. The fourth-order valence-electron chi connectivity index (χ4n) is 1.76. The van der Waals surface area contributed by atoms with Crippen LogP contribution in [-0.4, -0.2) is 10.2 Å². The van der Waals surface area contributed by atoms with Gasteiger partial charge in [0.15, 0.2) is 0 Å². The van der Waals surface area contributed by atoms with Crippen molar-refractivity contribution >= 4 is 11.8 Å². The maximum Gasteiger partial charge on any atom is 0.276 e. The van der Waals surface area contributed by atoms with E-state index in [1.54, 1.807) is 12.1 Å². The van der Waals surface area contributed by atoms with E-state index in [-0.39, 0.29) is 11.9 Å². The number of halogens is 1. The third-order valence-electron chi connectivity index (χ3n) is 2.74. The number of nitrogens with two attached hydrogens (primary N) is 1. The minimum absolute atomic E-state index is 0.220.